The normalized spacial score (nSPS) is 18.8. The fourth-order valence-electron chi connectivity index (χ4n) is 2.12. The lowest BCUT2D eigenvalue weighted by Crippen LogP contribution is -2.51. The number of rotatable bonds is 5. The highest BCUT2D eigenvalue weighted by molar-refractivity contribution is 5.92. The second kappa shape index (κ2) is 7.30. The second-order valence-corrected chi connectivity index (χ2v) is 4.68. The van der Waals surface area contributed by atoms with E-state index in [-0.39, 0.29) is 36.4 Å². The molecule has 0 radical (unpaired) electrons. The minimum atomic E-state index is -0.382. The molecule has 0 bridgehead atoms. The zero-order valence-corrected chi connectivity index (χ0v) is 11.9. The number of aromatic nitrogens is 2. The van der Waals surface area contributed by atoms with Crippen LogP contribution in [-0.4, -0.2) is 71.8 Å². The van der Waals surface area contributed by atoms with Crippen molar-refractivity contribution in [1.82, 2.24) is 14.7 Å². The number of amides is 1. The minimum absolute atomic E-state index is 0.172. The van der Waals surface area contributed by atoms with E-state index >= 15 is 0 Å². The molecule has 1 saturated heterocycles. The molecule has 1 N–H and O–H groups in total. The Kier molecular flexibility index (Phi) is 5.43. The Morgan fingerprint density at radius 1 is 1.57 bits per heavy atom. The summed E-state index contributed by atoms with van der Waals surface area (Å²) < 4.78 is 11.3. The van der Waals surface area contributed by atoms with Crippen LogP contribution in [0.5, 0.6) is 0 Å². The first-order valence-corrected chi connectivity index (χ1v) is 6.74. The number of hydrogen-bond acceptors (Lipinski definition) is 6. The molecule has 8 heteroatoms. The Bertz CT molecular complexity index is 545. The van der Waals surface area contributed by atoms with Crippen molar-refractivity contribution in [3.63, 3.8) is 0 Å². The van der Waals surface area contributed by atoms with Gasteiger partial charge in [-0.1, -0.05) is 0 Å². The summed E-state index contributed by atoms with van der Waals surface area (Å²) >= 11 is 0. The monoisotopic (exact) mass is 297 g/mol. The maximum Gasteiger partial charge on any atom is 0.274 e. The average molecular weight is 297 g/mol. The molecule has 8 nitrogen and oxygen atoms in total. The van der Waals surface area contributed by atoms with Crippen LogP contribution in [0.2, 0.25) is 0 Å². The Labute approximate surface area is 121 Å². The molecular formula is C13H19N3O5. The number of hydrogen-bond donors (Lipinski definition) is 1. The van der Waals surface area contributed by atoms with E-state index in [1.54, 1.807) is 0 Å². The molecule has 0 saturated carbocycles. The van der Waals surface area contributed by atoms with Crippen LogP contribution in [0.15, 0.2) is 16.9 Å². The third-order valence-electron chi connectivity index (χ3n) is 3.29. The highest BCUT2D eigenvalue weighted by Crippen LogP contribution is 2.10. The van der Waals surface area contributed by atoms with E-state index in [4.69, 9.17) is 9.47 Å². The fraction of sp³-hybridized carbons (Fsp3) is 0.615. The summed E-state index contributed by atoms with van der Waals surface area (Å²) in [5, 5.41) is 13.4. The fourth-order valence-corrected chi connectivity index (χ4v) is 2.12. The largest absolute Gasteiger partial charge is 0.394 e. The summed E-state index contributed by atoms with van der Waals surface area (Å²) in [5.41, 5.74) is -0.115. The van der Waals surface area contributed by atoms with Crippen molar-refractivity contribution in [1.29, 1.82) is 0 Å². The summed E-state index contributed by atoms with van der Waals surface area (Å²) in [6, 6.07) is 2.33. The Hall–Kier alpha value is -1.77. The molecule has 1 aromatic rings. The van der Waals surface area contributed by atoms with E-state index in [2.05, 4.69) is 5.10 Å². The van der Waals surface area contributed by atoms with E-state index in [0.717, 1.165) is 0 Å². The SMILES string of the molecule is COCCn1nc(C(=O)N2CCOCC2CO)ccc1=O. The van der Waals surface area contributed by atoms with Gasteiger partial charge in [0.1, 0.15) is 5.69 Å². The van der Waals surface area contributed by atoms with E-state index in [1.165, 1.54) is 28.8 Å². The van der Waals surface area contributed by atoms with Crippen molar-refractivity contribution in [2.45, 2.75) is 12.6 Å². The van der Waals surface area contributed by atoms with Gasteiger partial charge in [-0.25, -0.2) is 4.68 Å². The lowest BCUT2D eigenvalue weighted by atomic mass is 10.2. The number of carbonyl (C=O) groups excluding carboxylic acids is 1. The molecule has 1 unspecified atom stereocenters. The van der Waals surface area contributed by atoms with Crippen molar-refractivity contribution < 1.29 is 19.4 Å². The number of aliphatic hydroxyl groups excluding tert-OH is 1. The minimum Gasteiger partial charge on any atom is -0.394 e. The maximum atomic E-state index is 12.5. The third kappa shape index (κ3) is 3.66. The first-order chi connectivity index (χ1) is 10.2. The number of nitrogens with zero attached hydrogens (tertiary/aromatic N) is 3. The highest BCUT2D eigenvalue weighted by Gasteiger charge is 2.28. The van der Waals surface area contributed by atoms with Gasteiger partial charge in [-0.2, -0.15) is 5.10 Å². The first-order valence-electron chi connectivity index (χ1n) is 6.74. The van der Waals surface area contributed by atoms with E-state index in [0.29, 0.717) is 26.4 Å². The molecule has 1 aromatic heterocycles. The number of carbonyl (C=O) groups is 1. The van der Waals surface area contributed by atoms with E-state index < -0.39 is 0 Å². The molecule has 1 atom stereocenters. The molecule has 1 amide bonds. The zero-order chi connectivity index (χ0) is 15.2. The predicted molar refractivity (Wildman–Crippen MR) is 73.1 cm³/mol. The lowest BCUT2D eigenvalue weighted by molar-refractivity contribution is -0.0187. The Morgan fingerprint density at radius 2 is 2.38 bits per heavy atom. The smallest absolute Gasteiger partial charge is 0.274 e. The van der Waals surface area contributed by atoms with Gasteiger partial charge in [0.05, 0.1) is 39.0 Å². The van der Waals surface area contributed by atoms with Crippen LogP contribution in [0, 0.1) is 0 Å². The summed E-state index contributed by atoms with van der Waals surface area (Å²) in [6.07, 6.45) is 0. The van der Waals surface area contributed by atoms with Gasteiger partial charge in [0.2, 0.25) is 0 Å². The van der Waals surface area contributed by atoms with Gasteiger partial charge in [-0.05, 0) is 6.07 Å². The molecule has 0 spiro atoms. The first kappa shape index (κ1) is 15.6. The molecule has 2 heterocycles. The van der Waals surface area contributed by atoms with E-state index in [1.807, 2.05) is 0 Å². The number of ether oxygens (including phenoxy) is 2. The Balaban J connectivity index is 2.20. The van der Waals surface area contributed by atoms with Gasteiger partial charge < -0.3 is 19.5 Å². The molecule has 1 aliphatic rings. The molecule has 1 fully saturated rings. The molecular weight excluding hydrogens is 278 g/mol. The van der Waals surface area contributed by atoms with Crippen LogP contribution in [0.4, 0.5) is 0 Å². The number of aliphatic hydroxyl groups is 1. The number of morpholine rings is 1. The standard InChI is InChI=1S/C13H19N3O5/c1-20-6-5-16-12(18)3-2-11(14-16)13(19)15-4-7-21-9-10(15)8-17/h2-3,10,17H,4-9H2,1H3. The lowest BCUT2D eigenvalue weighted by Gasteiger charge is -2.34. The summed E-state index contributed by atoms with van der Waals surface area (Å²) in [5.74, 6) is -0.316. The Morgan fingerprint density at radius 3 is 3.10 bits per heavy atom. The topological polar surface area (TPSA) is 93.9 Å². The van der Waals surface area contributed by atoms with Crippen LogP contribution < -0.4 is 5.56 Å². The molecule has 2 rings (SSSR count). The van der Waals surface area contributed by atoms with Crippen LogP contribution >= 0.6 is 0 Å². The summed E-state index contributed by atoms with van der Waals surface area (Å²) in [4.78, 5) is 25.6. The maximum absolute atomic E-state index is 12.5. The molecule has 1 aliphatic heterocycles. The molecule has 0 aliphatic carbocycles. The van der Waals surface area contributed by atoms with Crippen molar-refractivity contribution in [2.75, 3.05) is 40.1 Å². The average Bonchev–Trinajstić information content (AvgIpc) is 2.53. The predicted octanol–water partition coefficient (Wildman–Crippen LogP) is -1.28. The zero-order valence-electron chi connectivity index (χ0n) is 11.9. The van der Waals surface area contributed by atoms with Gasteiger partial charge in [0.25, 0.3) is 11.5 Å². The van der Waals surface area contributed by atoms with Crippen molar-refractivity contribution in [3.8, 4) is 0 Å². The van der Waals surface area contributed by atoms with Crippen LogP contribution in [0.1, 0.15) is 10.5 Å². The van der Waals surface area contributed by atoms with Crippen LogP contribution in [0.25, 0.3) is 0 Å². The van der Waals surface area contributed by atoms with Crippen molar-refractivity contribution >= 4 is 5.91 Å². The van der Waals surface area contributed by atoms with Gasteiger partial charge in [-0.15, -0.1) is 0 Å². The second-order valence-electron chi connectivity index (χ2n) is 4.68. The van der Waals surface area contributed by atoms with E-state index in [9.17, 15) is 14.7 Å². The quantitative estimate of drug-likeness (QED) is 0.728. The van der Waals surface area contributed by atoms with Gasteiger partial charge in [-0.3, -0.25) is 9.59 Å². The molecule has 116 valence electrons. The molecule has 21 heavy (non-hydrogen) atoms. The van der Waals surface area contributed by atoms with Crippen molar-refractivity contribution in [3.05, 3.63) is 28.2 Å². The van der Waals surface area contributed by atoms with Gasteiger partial charge >= 0.3 is 0 Å². The highest BCUT2D eigenvalue weighted by atomic mass is 16.5. The summed E-state index contributed by atoms with van der Waals surface area (Å²) in [7, 11) is 1.53. The number of methoxy groups -OCH3 is 1. The summed E-state index contributed by atoms with van der Waals surface area (Å²) in [6.45, 7) is 1.56. The molecule has 0 aromatic carbocycles. The van der Waals surface area contributed by atoms with Gasteiger partial charge in [0, 0.05) is 19.7 Å². The van der Waals surface area contributed by atoms with Gasteiger partial charge in [0.15, 0.2) is 0 Å². The van der Waals surface area contributed by atoms with Crippen LogP contribution in [0.3, 0.4) is 0 Å². The van der Waals surface area contributed by atoms with Crippen LogP contribution in [-0.2, 0) is 16.0 Å². The third-order valence-corrected chi connectivity index (χ3v) is 3.29. The van der Waals surface area contributed by atoms with Crippen molar-refractivity contribution in [2.24, 2.45) is 0 Å².